The minimum Gasteiger partial charge on any atom is -0.481 e. The quantitative estimate of drug-likeness (QED) is 0.350. The van der Waals surface area contributed by atoms with Crippen LogP contribution in [0.3, 0.4) is 0 Å². The maximum Gasteiger partial charge on any atom is 0.305 e. The first-order chi connectivity index (χ1) is 13.4. The van der Waals surface area contributed by atoms with Gasteiger partial charge in [0.1, 0.15) is 0 Å². The molecule has 0 fully saturated rings. The molecular formula is C20H28N2O6. The van der Waals surface area contributed by atoms with Crippen molar-refractivity contribution in [3.8, 4) is 0 Å². The molecule has 0 radical (unpaired) electrons. The Bertz CT molecular complexity index is 674. The van der Waals surface area contributed by atoms with E-state index in [1.807, 2.05) is 6.07 Å². The number of carboxylic acids is 1. The largest absolute Gasteiger partial charge is 0.481 e. The lowest BCUT2D eigenvalue weighted by Gasteiger charge is -2.09. The number of amides is 2. The van der Waals surface area contributed by atoms with E-state index in [1.54, 1.807) is 18.2 Å². The zero-order chi connectivity index (χ0) is 20.8. The highest BCUT2D eigenvalue weighted by molar-refractivity contribution is 5.90. The number of unbranched alkanes of at least 4 members (excludes halogenated alkanes) is 3. The number of ether oxygens (including phenoxy) is 1. The van der Waals surface area contributed by atoms with Crippen molar-refractivity contribution in [2.24, 2.45) is 0 Å². The monoisotopic (exact) mass is 392 g/mol. The molecule has 0 aliphatic carbocycles. The Labute approximate surface area is 164 Å². The number of carbonyl (C=O) groups excluding carboxylic acids is 3. The Morgan fingerprint density at radius 2 is 1.64 bits per heavy atom. The van der Waals surface area contributed by atoms with Crippen molar-refractivity contribution in [1.82, 2.24) is 5.32 Å². The minimum atomic E-state index is -1.01. The average molecular weight is 392 g/mol. The van der Waals surface area contributed by atoms with Crippen molar-refractivity contribution in [3.63, 3.8) is 0 Å². The first kappa shape index (κ1) is 23.1. The summed E-state index contributed by atoms with van der Waals surface area (Å²) in [5.74, 6) is -1.64. The Hall–Kier alpha value is -2.90. The van der Waals surface area contributed by atoms with Gasteiger partial charge in [-0.1, -0.05) is 25.0 Å². The summed E-state index contributed by atoms with van der Waals surface area (Å²) in [5.41, 5.74) is 1.46. The number of carboxylic acid groups (broad SMARTS) is 1. The van der Waals surface area contributed by atoms with E-state index in [-0.39, 0.29) is 37.2 Å². The lowest BCUT2D eigenvalue weighted by atomic mass is 10.1. The van der Waals surface area contributed by atoms with Gasteiger partial charge in [0, 0.05) is 31.5 Å². The maximum absolute atomic E-state index is 12.0. The van der Waals surface area contributed by atoms with Crippen molar-refractivity contribution >= 4 is 29.4 Å². The number of methoxy groups -OCH3 is 1. The zero-order valence-corrected chi connectivity index (χ0v) is 16.2. The summed E-state index contributed by atoms with van der Waals surface area (Å²) in [5, 5.41) is 14.0. The van der Waals surface area contributed by atoms with Crippen LogP contribution in [-0.2, 0) is 30.5 Å². The number of rotatable bonds is 13. The average Bonchev–Trinajstić information content (AvgIpc) is 2.67. The Kier molecular flexibility index (Phi) is 11.0. The molecule has 0 atom stereocenters. The van der Waals surface area contributed by atoms with E-state index in [1.165, 1.54) is 7.11 Å². The topological polar surface area (TPSA) is 122 Å². The van der Waals surface area contributed by atoms with Crippen LogP contribution < -0.4 is 10.6 Å². The number of aliphatic carboxylic acids is 1. The van der Waals surface area contributed by atoms with Crippen molar-refractivity contribution < 1.29 is 29.0 Å². The fourth-order valence-corrected chi connectivity index (χ4v) is 2.50. The van der Waals surface area contributed by atoms with Gasteiger partial charge in [0.15, 0.2) is 0 Å². The van der Waals surface area contributed by atoms with Gasteiger partial charge < -0.3 is 20.5 Å². The van der Waals surface area contributed by atoms with Crippen LogP contribution in [0, 0.1) is 0 Å². The molecule has 0 unspecified atom stereocenters. The molecule has 0 saturated heterocycles. The molecule has 1 aromatic carbocycles. The Balaban J connectivity index is 2.27. The van der Waals surface area contributed by atoms with E-state index < -0.39 is 5.97 Å². The second kappa shape index (κ2) is 13.3. The van der Waals surface area contributed by atoms with Gasteiger partial charge in [-0.2, -0.15) is 0 Å². The number of carbonyl (C=O) groups is 4. The van der Waals surface area contributed by atoms with Gasteiger partial charge in [-0.25, -0.2) is 0 Å². The van der Waals surface area contributed by atoms with E-state index >= 15 is 0 Å². The fourth-order valence-electron chi connectivity index (χ4n) is 2.50. The number of benzene rings is 1. The molecule has 0 spiro atoms. The van der Waals surface area contributed by atoms with Gasteiger partial charge >= 0.3 is 11.9 Å². The van der Waals surface area contributed by atoms with E-state index in [2.05, 4.69) is 15.4 Å². The normalized spacial score (nSPS) is 10.2. The number of nitrogens with one attached hydrogen (secondary N) is 2. The maximum atomic E-state index is 12.0. The Morgan fingerprint density at radius 3 is 2.32 bits per heavy atom. The molecule has 0 saturated carbocycles. The van der Waals surface area contributed by atoms with Crippen LogP contribution in [0.4, 0.5) is 5.69 Å². The van der Waals surface area contributed by atoms with Gasteiger partial charge in [-0.3, -0.25) is 19.2 Å². The number of hydrogen-bond acceptors (Lipinski definition) is 5. The highest BCUT2D eigenvalue weighted by Crippen LogP contribution is 2.12. The number of anilines is 1. The van der Waals surface area contributed by atoms with Gasteiger partial charge in [0.05, 0.1) is 13.5 Å². The zero-order valence-electron chi connectivity index (χ0n) is 16.2. The molecule has 0 bridgehead atoms. The van der Waals surface area contributed by atoms with Gasteiger partial charge in [-0.05, 0) is 30.5 Å². The lowest BCUT2D eigenvalue weighted by Crippen LogP contribution is -2.23. The van der Waals surface area contributed by atoms with Gasteiger partial charge in [0.25, 0.3) is 0 Å². The van der Waals surface area contributed by atoms with Crippen LogP contribution in [0.5, 0.6) is 0 Å². The van der Waals surface area contributed by atoms with Crippen LogP contribution >= 0.6 is 0 Å². The van der Waals surface area contributed by atoms with Crippen LogP contribution in [0.1, 0.15) is 56.9 Å². The molecule has 2 amide bonds. The lowest BCUT2D eigenvalue weighted by molar-refractivity contribution is -0.141. The first-order valence-electron chi connectivity index (χ1n) is 9.35. The second-order valence-electron chi connectivity index (χ2n) is 6.41. The van der Waals surface area contributed by atoms with Crippen LogP contribution in [-0.4, -0.2) is 36.0 Å². The summed E-state index contributed by atoms with van der Waals surface area (Å²) < 4.78 is 4.57. The summed E-state index contributed by atoms with van der Waals surface area (Å²) in [6, 6.07) is 7.13. The second-order valence-corrected chi connectivity index (χ2v) is 6.41. The smallest absolute Gasteiger partial charge is 0.305 e. The summed E-state index contributed by atoms with van der Waals surface area (Å²) in [6.45, 7) is 0.266. The summed E-state index contributed by atoms with van der Waals surface area (Å²) in [7, 11) is 1.37. The number of esters is 1. The van der Waals surface area contributed by atoms with E-state index in [9.17, 15) is 19.2 Å². The van der Waals surface area contributed by atoms with Crippen LogP contribution in [0.25, 0.3) is 0 Å². The molecule has 0 aliphatic rings. The Morgan fingerprint density at radius 1 is 0.929 bits per heavy atom. The van der Waals surface area contributed by atoms with Gasteiger partial charge in [-0.15, -0.1) is 0 Å². The van der Waals surface area contributed by atoms with E-state index in [0.717, 1.165) is 31.2 Å². The summed E-state index contributed by atoms with van der Waals surface area (Å²) in [6.07, 6.45) is 3.78. The fraction of sp³-hybridized carbons (Fsp3) is 0.500. The molecule has 3 N–H and O–H groups in total. The van der Waals surface area contributed by atoms with E-state index in [4.69, 9.17) is 5.11 Å². The molecule has 0 aromatic heterocycles. The van der Waals surface area contributed by atoms with E-state index in [0.29, 0.717) is 18.5 Å². The van der Waals surface area contributed by atoms with Gasteiger partial charge in [0.2, 0.25) is 11.8 Å². The predicted octanol–water partition coefficient (Wildman–Crippen LogP) is 2.62. The molecule has 0 heterocycles. The molecule has 28 heavy (non-hydrogen) atoms. The molecule has 154 valence electrons. The highest BCUT2D eigenvalue weighted by atomic mass is 16.5. The standard InChI is InChI=1S/C20H28N2O6/c1-28-20(27)10-5-3-2-4-9-18(24)22-16-8-6-7-15(13-16)14-21-17(23)11-12-19(25)26/h6-8,13H,2-5,9-12,14H2,1H3,(H,21,23)(H,22,24)(H,25,26). The number of hydrogen-bond donors (Lipinski definition) is 3. The SMILES string of the molecule is COC(=O)CCCCCCC(=O)Nc1cccc(CNC(=O)CCC(=O)O)c1. The predicted molar refractivity (Wildman–Crippen MR) is 104 cm³/mol. The van der Waals surface area contributed by atoms with Crippen molar-refractivity contribution in [2.75, 3.05) is 12.4 Å². The molecular weight excluding hydrogens is 364 g/mol. The third-order valence-electron chi connectivity index (χ3n) is 4.03. The molecule has 0 aliphatic heterocycles. The molecule has 1 aromatic rings. The van der Waals surface area contributed by atoms with Crippen molar-refractivity contribution in [1.29, 1.82) is 0 Å². The molecule has 8 nitrogen and oxygen atoms in total. The van der Waals surface area contributed by atoms with Crippen molar-refractivity contribution in [2.45, 2.75) is 57.9 Å². The van der Waals surface area contributed by atoms with Crippen LogP contribution in [0.2, 0.25) is 0 Å². The molecule has 1 rings (SSSR count). The summed E-state index contributed by atoms with van der Waals surface area (Å²) >= 11 is 0. The third kappa shape index (κ3) is 10.9. The minimum absolute atomic E-state index is 0.0641. The van der Waals surface area contributed by atoms with Crippen LogP contribution in [0.15, 0.2) is 24.3 Å². The summed E-state index contributed by atoms with van der Waals surface area (Å²) in [4.78, 5) is 45.0. The highest BCUT2D eigenvalue weighted by Gasteiger charge is 2.07. The third-order valence-corrected chi connectivity index (χ3v) is 4.03. The molecule has 8 heteroatoms. The van der Waals surface area contributed by atoms with Crippen molar-refractivity contribution in [3.05, 3.63) is 29.8 Å². The first-order valence-corrected chi connectivity index (χ1v) is 9.35.